The maximum absolute atomic E-state index is 3.88. The summed E-state index contributed by atoms with van der Waals surface area (Å²) in [4.78, 5) is 0. The van der Waals surface area contributed by atoms with Crippen LogP contribution in [0, 0.1) is 0 Å². The highest BCUT2D eigenvalue weighted by atomic mass is 15.3. The molecule has 2 nitrogen and oxygen atoms in total. The van der Waals surface area contributed by atoms with Gasteiger partial charge in [0.15, 0.2) is 0 Å². The van der Waals surface area contributed by atoms with Crippen molar-refractivity contribution in [3.63, 3.8) is 0 Å². The lowest BCUT2D eigenvalue weighted by Crippen LogP contribution is -1.91. The Labute approximate surface area is 49.3 Å². The molecule has 1 radical (unpaired) electrons. The zero-order chi connectivity index (χ0) is 5.98. The molecule has 0 N–H and O–H groups in total. The Morgan fingerprint density at radius 1 is 1.62 bits per heavy atom. The highest BCUT2D eigenvalue weighted by Crippen LogP contribution is 2.04. The third kappa shape index (κ3) is 0.735. The van der Waals surface area contributed by atoms with Gasteiger partial charge in [0.2, 0.25) is 0 Å². The predicted molar refractivity (Wildman–Crippen MR) is 33.6 cm³/mol. The van der Waals surface area contributed by atoms with Gasteiger partial charge in [0.25, 0.3) is 0 Å². The monoisotopic (exact) mass is 109 g/mol. The molecule has 0 aromatic rings. The van der Waals surface area contributed by atoms with E-state index in [2.05, 4.69) is 17.5 Å². The molecule has 8 heavy (non-hydrogen) atoms. The summed E-state index contributed by atoms with van der Waals surface area (Å²) in [5, 5.41) is 3.88. The van der Waals surface area contributed by atoms with Gasteiger partial charge in [-0.3, -0.25) is 0 Å². The lowest BCUT2D eigenvalue weighted by molar-refractivity contribution is 0.963. The van der Waals surface area contributed by atoms with E-state index in [0.717, 1.165) is 12.1 Å². The Morgan fingerprint density at radius 2 is 2.38 bits per heavy atom. The number of nitrogens with zero attached hydrogens (tertiary/aromatic N) is 2. The van der Waals surface area contributed by atoms with Gasteiger partial charge in [-0.25, -0.2) is 0 Å². The summed E-state index contributed by atoms with van der Waals surface area (Å²) in [6.45, 7) is 4.11. The summed E-state index contributed by atoms with van der Waals surface area (Å²) in [5.41, 5.74) is 6.06. The maximum Gasteiger partial charge on any atom is 0.0672 e. The Hall–Kier alpha value is -0.790. The summed E-state index contributed by atoms with van der Waals surface area (Å²) in [5.74, 6) is 0. The first-order valence-corrected chi connectivity index (χ1v) is 2.78. The second kappa shape index (κ2) is 1.99. The molecule has 0 saturated heterocycles. The van der Waals surface area contributed by atoms with Crippen LogP contribution in [0.2, 0.25) is 0 Å². The largest absolute Gasteiger partial charge is 0.159 e. The Morgan fingerprint density at radius 3 is 2.62 bits per heavy atom. The van der Waals surface area contributed by atoms with Gasteiger partial charge in [0, 0.05) is 0 Å². The number of hydrogen-bond donors (Lipinski definition) is 0. The van der Waals surface area contributed by atoms with Crippen LogP contribution in [0.3, 0.4) is 0 Å². The average molecular weight is 109 g/mol. The summed E-state index contributed by atoms with van der Waals surface area (Å²) in [7, 11) is 0. The number of hydrogen-bond acceptors (Lipinski definition) is 1. The van der Waals surface area contributed by atoms with Crippen LogP contribution in [0.4, 0.5) is 0 Å². The van der Waals surface area contributed by atoms with Gasteiger partial charge in [-0.2, -0.15) is 10.5 Å². The predicted octanol–water partition coefficient (Wildman–Crippen LogP) is 1.27. The van der Waals surface area contributed by atoms with Crippen molar-refractivity contribution in [3.05, 3.63) is 11.8 Å². The Bertz CT molecular complexity index is 145. The first-order valence-electron chi connectivity index (χ1n) is 2.78. The summed E-state index contributed by atoms with van der Waals surface area (Å²) in [6.07, 6.45) is 2.78. The molecule has 0 aliphatic carbocycles. The van der Waals surface area contributed by atoms with Gasteiger partial charge in [-0.1, -0.05) is 6.92 Å². The van der Waals surface area contributed by atoms with Crippen LogP contribution >= 0.6 is 0 Å². The second-order valence-electron chi connectivity index (χ2n) is 1.83. The summed E-state index contributed by atoms with van der Waals surface area (Å²) in [6, 6.07) is 0. The number of allylic oxidation sites excluding steroid dienone is 1. The smallest absolute Gasteiger partial charge is 0.0672 e. The minimum Gasteiger partial charge on any atom is -0.159 e. The van der Waals surface area contributed by atoms with Crippen LogP contribution in [0.25, 0.3) is 0 Å². The maximum atomic E-state index is 3.88. The molecular weight excluding hydrogens is 100 g/mol. The van der Waals surface area contributed by atoms with E-state index in [1.54, 1.807) is 6.20 Å². The molecule has 0 aromatic heterocycles. The first kappa shape index (κ1) is 5.35. The van der Waals surface area contributed by atoms with E-state index >= 15 is 0 Å². The standard InChI is InChI=1S/C6H9N2/c1-3-6-5(2)4-7-8-6/h4H,3H2,1-2H3. The van der Waals surface area contributed by atoms with Gasteiger partial charge in [-0.15, -0.1) is 0 Å². The van der Waals surface area contributed by atoms with Crippen molar-refractivity contribution in [1.29, 1.82) is 0 Å². The Kier molecular flexibility index (Phi) is 1.33. The van der Waals surface area contributed by atoms with Crippen molar-refractivity contribution in [2.24, 2.45) is 5.10 Å². The average Bonchev–Trinajstić information content (AvgIpc) is 2.14. The third-order valence-electron chi connectivity index (χ3n) is 1.22. The van der Waals surface area contributed by atoms with E-state index in [1.165, 1.54) is 5.57 Å². The van der Waals surface area contributed by atoms with Crippen LogP contribution in [0.15, 0.2) is 16.9 Å². The molecule has 0 fully saturated rings. The minimum atomic E-state index is 0.992. The molecule has 0 amide bonds. The lowest BCUT2D eigenvalue weighted by atomic mass is 10.2. The lowest BCUT2D eigenvalue weighted by Gasteiger charge is -1.89. The Balaban J connectivity index is 2.66. The minimum absolute atomic E-state index is 0.992. The fraction of sp³-hybridized carbons (Fsp3) is 0.500. The summed E-state index contributed by atoms with van der Waals surface area (Å²) >= 11 is 0. The van der Waals surface area contributed by atoms with Crippen LogP contribution in [-0.2, 0) is 0 Å². The van der Waals surface area contributed by atoms with Gasteiger partial charge in [0.05, 0.1) is 11.9 Å². The zero-order valence-corrected chi connectivity index (χ0v) is 5.18. The third-order valence-corrected chi connectivity index (χ3v) is 1.22. The van der Waals surface area contributed by atoms with Crippen molar-refractivity contribution in [3.8, 4) is 0 Å². The first-order chi connectivity index (χ1) is 3.84. The van der Waals surface area contributed by atoms with Crippen molar-refractivity contribution in [1.82, 2.24) is 5.43 Å². The topological polar surface area (TPSA) is 26.5 Å². The molecule has 43 valence electrons. The highest BCUT2D eigenvalue weighted by molar-refractivity contribution is 6.00. The van der Waals surface area contributed by atoms with E-state index < -0.39 is 0 Å². The summed E-state index contributed by atoms with van der Waals surface area (Å²) < 4.78 is 0. The molecule has 0 aromatic carbocycles. The van der Waals surface area contributed by atoms with Crippen molar-refractivity contribution in [2.45, 2.75) is 20.3 Å². The van der Waals surface area contributed by atoms with Crippen LogP contribution in [0.5, 0.6) is 0 Å². The van der Waals surface area contributed by atoms with Gasteiger partial charge < -0.3 is 0 Å². The van der Waals surface area contributed by atoms with Gasteiger partial charge in [0.1, 0.15) is 0 Å². The fourth-order valence-electron chi connectivity index (χ4n) is 0.688. The molecule has 0 bridgehead atoms. The van der Waals surface area contributed by atoms with E-state index in [4.69, 9.17) is 0 Å². The van der Waals surface area contributed by atoms with Crippen LogP contribution in [0.1, 0.15) is 20.3 Å². The van der Waals surface area contributed by atoms with Crippen molar-refractivity contribution < 1.29 is 0 Å². The van der Waals surface area contributed by atoms with E-state index in [-0.39, 0.29) is 0 Å². The molecule has 0 unspecified atom stereocenters. The molecule has 0 spiro atoms. The molecule has 0 saturated carbocycles. The molecule has 0 atom stereocenters. The second-order valence-corrected chi connectivity index (χ2v) is 1.83. The molecule has 1 aliphatic rings. The van der Waals surface area contributed by atoms with Crippen molar-refractivity contribution in [2.75, 3.05) is 0 Å². The molecule has 2 heteroatoms. The number of rotatable bonds is 1. The van der Waals surface area contributed by atoms with Crippen LogP contribution in [-0.4, -0.2) is 5.71 Å². The van der Waals surface area contributed by atoms with E-state index in [0.29, 0.717) is 0 Å². The van der Waals surface area contributed by atoms with Crippen molar-refractivity contribution >= 4 is 5.71 Å². The van der Waals surface area contributed by atoms with E-state index in [1.807, 2.05) is 6.92 Å². The van der Waals surface area contributed by atoms with Crippen LogP contribution < -0.4 is 5.43 Å². The van der Waals surface area contributed by atoms with E-state index in [9.17, 15) is 0 Å². The molecule has 1 heterocycles. The normalized spacial score (nSPS) is 17.2. The quantitative estimate of drug-likeness (QED) is 0.485. The van der Waals surface area contributed by atoms with Gasteiger partial charge in [-0.05, 0) is 18.9 Å². The SMILES string of the molecule is CCC1=N[N]C=C1C. The zero-order valence-electron chi connectivity index (χ0n) is 5.18. The van der Waals surface area contributed by atoms with Gasteiger partial charge >= 0.3 is 0 Å². The molecular formula is C6H9N2. The molecule has 1 rings (SSSR count). The fourth-order valence-corrected chi connectivity index (χ4v) is 0.688. The molecule has 1 aliphatic heterocycles. The highest BCUT2D eigenvalue weighted by Gasteiger charge is 2.03.